The van der Waals surface area contributed by atoms with Gasteiger partial charge in [0, 0.05) is 18.9 Å². The first-order valence-corrected chi connectivity index (χ1v) is 5.50. The maximum atomic E-state index is 4.63. The summed E-state index contributed by atoms with van der Waals surface area (Å²) >= 11 is 0. The van der Waals surface area contributed by atoms with Gasteiger partial charge in [-0.2, -0.15) is 0 Å². The maximum Gasteiger partial charge on any atom is 0.159 e. The fourth-order valence-corrected chi connectivity index (χ4v) is 2.12. The van der Waals surface area contributed by atoms with Crippen molar-refractivity contribution < 1.29 is 0 Å². The number of hydrogen-bond acceptors (Lipinski definition) is 2. The number of aromatic nitrogens is 3. The van der Waals surface area contributed by atoms with Gasteiger partial charge in [0.05, 0.1) is 5.69 Å². The van der Waals surface area contributed by atoms with E-state index >= 15 is 0 Å². The second kappa shape index (κ2) is 3.59. The first-order valence-electron chi connectivity index (χ1n) is 5.50. The molecule has 0 unspecified atom stereocenters. The molecular formula is C13H13N3. The van der Waals surface area contributed by atoms with E-state index in [1.54, 1.807) is 6.20 Å². The summed E-state index contributed by atoms with van der Waals surface area (Å²) in [5, 5.41) is 0. The fraction of sp³-hybridized carbons (Fsp3) is 0.231. The number of nitrogens with zero attached hydrogens (tertiary/aromatic N) is 3. The molecule has 3 nitrogen and oxygen atoms in total. The van der Waals surface area contributed by atoms with E-state index in [1.807, 2.05) is 18.2 Å². The Bertz CT molecular complexity index is 538. The van der Waals surface area contributed by atoms with Crippen LogP contribution in [0.1, 0.15) is 17.8 Å². The topological polar surface area (TPSA) is 30.7 Å². The summed E-state index contributed by atoms with van der Waals surface area (Å²) in [5.74, 6) is 0.956. The third kappa shape index (κ3) is 1.36. The zero-order valence-electron chi connectivity index (χ0n) is 9.22. The minimum absolute atomic E-state index is 0.938. The number of pyridine rings is 1. The molecule has 0 fully saturated rings. The van der Waals surface area contributed by atoms with Gasteiger partial charge in [0.2, 0.25) is 0 Å². The van der Waals surface area contributed by atoms with Crippen LogP contribution in [-0.4, -0.2) is 14.5 Å². The van der Waals surface area contributed by atoms with Crippen LogP contribution in [0.5, 0.6) is 0 Å². The van der Waals surface area contributed by atoms with Gasteiger partial charge < -0.3 is 4.57 Å². The van der Waals surface area contributed by atoms with E-state index in [0.29, 0.717) is 0 Å². The normalized spacial score (nSPS) is 13.8. The van der Waals surface area contributed by atoms with Crippen LogP contribution in [0.25, 0.3) is 17.6 Å². The van der Waals surface area contributed by atoms with Crippen molar-refractivity contribution in [2.24, 2.45) is 7.05 Å². The third-order valence-corrected chi connectivity index (χ3v) is 2.96. The number of hydrogen-bond donors (Lipinski definition) is 0. The van der Waals surface area contributed by atoms with E-state index in [4.69, 9.17) is 0 Å². The summed E-state index contributed by atoms with van der Waals surface area (Å²) in [4.78, 5) is 8.98. The van der Waals surface area contributed by atoms with E-state index in [9.17, 15) is 0 Å². The molecule has 0 bridgehead atoms. The SMILES string of the molecule is Cn1c(-c2ccccn2)nc2c1CCC=C2. The summed E-state index contributed by atoms with van der Waals surface area (Å²) in [6.45, 7) is 0. The molecule has 2 aromatic rings. The monoisotopic (exact) mass is 211 g/mol. The zero-order chi connectivity index (χ0) is 11.0. The van der Waals surface area contributed by atoms with E-state index in [0.717, 1.165) is 30.1 Å². The number of fused-ring (bicyclic) bond motifs is 1. The summed E-state index contributed by atoms with van der Waals surface area (Å²) in [6.07, 6.45) is 8.26. The van der Waals surface area contributed by atoms with Gasteiger partial charge in [-0.1, -0.05) is 12.1 Å². The molecule has 0 atom stereocenters. The largest absolute Gasteiger partial charge is 0.329 e. The highest BCUT2D eigenvalue weighted by Gasteiger charge is 2.16. The van der Waals surface area contributed by atoms with Crippen molar-refractivity contribution in [2.45, 2.75) is 12.8 Å². The van der Waals surface area contributed by atoms with Gasteiger partial charge >= 0.3 is 0 Å². The van der Waals surface area contributed by atoms with Crippen LogP contribution in [0.2, 0.25) is 0 Å². The van der Waals surface area contributed by atoms with Crippen molar-refractivity contribution in [3.8, 4) is 11.5 Å². The van der Waals surface area contributed by atoms with Crippen molar-refractivity contribution in [3.63, 3.8) is 0 Å². The van der Waals surface area contributed by atoms with Gasteiger partial charge in [-0.05, 0) is 31.1 Å². The highest BCUT2D eigenvalue weighted by Crippen LogP contribution is 2.24. The number of imidazole rings is 1. The minimum Gasteiger partial charge on any atom is -0.329 e. The molecule has 0 aromatic carbocycles. The van der Waals surface area contributed by atoms with Gasteiger partial charge in [-0.25, -0.2) is 4.98 Å². The summed E-state index contributed by atoms with van der Waals surface area (Å²) in [7, 11) is 2.06. The van der Waals surface area contributed by atoms with Gasteiger partial charge in [-0.15, -0.1) is 0 Å². The Morgan fingerprint density at radius 2 is 2.25 bits per heavy atom. The minimum atomic E-state index is 0.938. The van der Waals surface area contributed by atoms with Crippen molar-refractivity contribution in [1.29, 1.82) is 0 Å². The molecule has 1 aliphatic carbocycles. The molecule has 16 heavy (non-hydrogen) atoms. The van der Waals surface area contributed by atoms with Gasteiger partial charge in [0.25, 0.3) is 0 Å². The van der Waals surface area contributed by atoms with Gasteiger partial charge in [-0.3, -0.25) is 4.98 Å². The molecule has 2 aromatic heterocycles. The molecule has 0 amide bonds. The van der Waals surface area contributed by atoms with Crippen LogP contribution in [-0.2, 0) is 13.5 Å². The molecule has 1 aliphatic rings. The van der Waals surface area contributed by atoms with E-state index in [2.05, 4.69) is 33.7 Å². The van der Waals surface area contributed by atoms with Gasteiger partial charge in [0.15, 0.2) is 5.82 Å². The Morgan fingerprint density at radius 1 is 1.31 bits per heavy atom. The van der Waals surface area contributed by atoms with E-state index in [1.165, 1.54) is 5.69 Å². The average molecular weight is 211 g/mol. The van der Waals surface area contributed by atoms with E-state index < -0.39 is 0 Å². The Balaban J connectivity index is 2.16. The van der Waals surface area contributed by atoms with Crippen LogP contribution in [0.3, 0.4) is 0 Å². The summed E-state index contributed by atoms with van der Waals surface area (Å²) in [6, 6.07) is 5.91. The molecule has 0 N–H and O–H groups in total. The lowest BCUT2D eigenvalue weighted by Crippen LogP contribution is -2.01. The summed E-state index contributed by atoms with van der Waals surface area (Å²) in [5.41, 5.74) is 3.34. The lowest BCUT2D eigenvalue weighted by molar-refractivity contribution is 0.806. The molecule has 0 radical (unpaired) electrons. The fourth-order valence-electron chi connectivity index (χ4n) is 2.12. The van der Waals surface area contributed by atoms with Crippen LogP contribution in [0.4, 0.5) is 0 Å². The highest BCUT2D eigenvalue weighted by atomic mass is 15.1. The first kappa shape index (κ1) is 9.33. The molecule has 2 heterocycles. The lowest BCUT2D eigenvalue weighted by Gasteiger charge is -2.07. The van der Waals surface area contributed by atoms with Crippen molar-refractivity contribution >= 4 is 6.08 Å². The molecule has 80 valence electrons. The Kier molecular flexibility index (Phi) is 2.10. The van der Waals surface area contributed by atoms with Crippen molar-refractivity contribution in [3.05, 3.63) is 41.9 Å². The third-order valence-electron chi connectivity index (χ3n) is 2.96. The number of rotatable bonds is 1. The lowest BCUT2D eigenvalue weighted by atomic mass is 10.1. The zero-order valence-corrected chi connectivity index (χ0v) is 9.22. The highest BCUT2D eigenvalue weighted by molar-refractivity contribution is 5.59. The van der Waals surface area contributed by atoms with E-state index in [-0.39, 0.29) is 0 Å². The summed E-state index contributed by atoms with van der Waals surface area (Å²) < 4.78 is 2.15. The molecule has 3 rings (SSSR count). The van der Waals surface area contributed by atoms with Crippen molar-refractivity contribution in [1.82, 2.24) is 14.5 Å². The Hall–Kier alpha value is -1.90. The first-order chi connectivity index (χ1) is 7.86. The van der Waals surface area contributed by atoms with Gasteiger partial charge in [0.1, 0.15) is 5.69 Å². The molecule has 0 spiro atoms. The predicted molar refractivity (Wildman–Crippen MR) is 63.8 cm³/mol. The quantitative estimate of drug-likeness (QED) is 0.725. The molecule has 0 saturated carbocycles. The smallest absolute Gasteiger partial charge is 0.159 e. The van der Waals surface area contributed by atoms with Crippen LogP contribution >= 0.6 is 0 Å². The Labute approximate surface area is 94.5 Å². The van der Waals surface area contributed by atoms with Crippen LogP contribution in [0.15, 0.2) is 30.5 Å². The predicted octanol–water partition coefficient (Wildman–Crippen LogP) is 2.44. The molecule has 0 saturated heterocycles. The average Bonchev–Trinajstić information content (AvgIpc) is 2.69. The van der Waals surface area contributed by atoms with Crippen molar-refractivity contribution in [2.75, 3.05) is 0 Å². The molecule has 0 aliphatic heterocycles. The maximum absolute atomic E-state index is 4.63. The second-order valence-electron chi connectivity index (χ2n) is 3.98. The van der Waals surface area contributed by atoms with Crippen LogP contribution in [0, 0.1) is 0 Å². The molecular weight excluding hydrogens is 198 g/mol. The Morgan fingerprint density at radius 3 is 3.00 bits per heavy atom. The molecule has 3 heteroatoms. The second-order valence-corrected chi connectivity index (χ2v) is 3.98. The van der Waals surface area contributed by atoms with Crippen LogP contribution < -0.4 is 0 Å². The standard InChI is InChI=1S/C13H13N3/c1-16-12-8-3-2-6-10(12)15-13(16)11-7-4-5-9-14-11/h2,4-7,9H,3,8H2,1H3. The number of allylic oxidation sites excluding steroid dienone is 1.